The minimum Gasteiger partial charge on any atom is -0.434 e. The Kier molecular flexibility index (Phi) is 5.70. The smallest absolute Gasteiger partial charge is 0.282 e. The van der Waals surface area contributed by atoms with Gasteiger partial charge >= 0.3 is 0 Å². The summed E-state index contributed by atoms with van der Waals surface area (Å²) in [7, 11) is 1.72. The number of fused-ring (bicyclic) bond motifs is 1. The number of benzene rings is 2. The largest absolute Gasteiger partial charge is 0.434 e. The molecular formula is C25H19ClFN5O3. The molecule has 10 heteroatoms. The fourth-order valence-electron chi connectivity index (χ4n) is 3.96. The number of rotatable bonds is 6. The van der Waals surface area contributed by atoms with Crippen LogP contribution in [0.1, 0.15) is 21.6 Å². The molecule has 0 amide bonds. The lowest BCUT2D eigenvalue weighted by molar-refractivity contribution is 0.0991. The highest BCUT2D eigenvalue weighted by Gasteiger charge is 2.22. The zero-order valence-corrected chi connectivity index (χ0v) is 19.5. The van der Waals surface area contributed by atoms with E-state index in [1.54, 1.807) is 49.1 Å². The average molecular weight is 492 g/mol. The number of hydrogen-bond donors (Lipinski definition) is 0. The number of ether oxygens (including phenoxy) is 1. The first-order chi connectivity index (χ1) is 16.8. The van der Waals surface area contributed by atoms with Gasteiger partial charge in [-0.15, -0.1) is 0 Å². The molecule has 0 atom stereocenters. The number of para-hydroxylation sites is 1. The van der Waals surface area contributed by atoms with Crippen molar-refractivity contribution < 1.29 is 13.9 Å². The third kappa shape index (κ3) is 4.10. The van der Waals surface area contributed by atoms with Crippen LogP contribution in [0.3, 0.4) is 0 Å². The molecule has 35 heavy (non-hydrogen) atoms. The Morgan fingerprint density at radius 2 is 1.91 bits per heavy atom. The van der Waals surface area contributed by atoms with Crippen LogP contribution >= 0.6 is 11.6 Å². The number of Topliss-reactive ketones (excluding diaryl/α,β-unsaturated/α-hetero) is 1. The third-order valence-electron chi connectivity index (χ3n) is 5.74. The molecule has 0 fully saturated rings. The first-order valence-corrected chi connectivity index (χ1v) is 11.0. The van der Waals surface area contributed by atoms with Crippen molar-refractivity contribution in [3.63, 3.8) is 0 Å². The SMILES string of the molecule is Cc1c(C(=O)Cc2ccc(Oc3ncnn4cc(Cl)cc34)c(F)c2)c(=O)n(-c2ccccc2)n1C. The van der Waals surface area contributed by atoms with Crippen LogP contribution in [0.5, 0.6) is 11.6 Å². The third-order valence-corrected chi connectivity index (χ3v) is 5.94. The van der Waals surface area contributed by atoms with E-state index in [4.69, 9.17) is 16.3 Å². The molecule has 3 heterocycles. The Morgan fingerprint density at radius 3 is 2.66 bits per heavy atom. The van der Waals surface area contributed by atoms with E-state index in [-0.39, 0.29) is 23.6 Å². The summed E-state index contributed by atoms with van der Waals surface area (Å²) in [5, 5.41) is 4.46. The molecule has 0 bridgehead atoms. The van der Waals surface area contributed by atoms with Gasteiger partial charge in [-0.1, -0.05) is 35.9 Å². The quantitative estimate of drug-likeness (QED) is 0.326. The Balaban J connectivity index is 1.40. The summed E-state index contributed by atoms with van der Waals surface area (Å²) in [4.78, 5) is 30.2. The van der Waals surface area contributed by atoms with Gasteiger partial charge in [0, 0.05) is 25.4 Å². The number of carbonyl (C=O) groups is 1. The Labute approximate surface area is 203 Å². The Hall–Kier alpha value is -4.24. The lowest BCUT2D eigenvalue weighted by atomic mass is 10.0. The van der Waals surface area contributed by atoms with E-state index >= 15 is 0 Å². The number of hydrogen-bond acceptors (Lipinski definition) is 5. The van der Waals surface area contributed by atoms with Gasteiger partial charge in [0.25, 0.3) is 5.56 Å². The van der Waals surface area contributed by atoms with Gasteiger partial charge in [0.2, 0.25) is 5.88 Å². The monoisotopic (exact) mass is 491 g/mol. The van der Waals surface area contributed by atoms with Gasteiger partial charge in [0.1, 0.15) is 17.4 Å². The lowest BCUT2D eigenvalue weighted by Crippen LogP contribution is -2.23. The molecule has 5 aromatic rings. The van der Waals surface area contributed by atoms with Crippen LogP contribution in [0.15, 0.2) is 71.9 Å². The van der Waals surface area contributed by atoms with Crippen molar-refractivity contribution in [3.05, 3.63) is 105 Å². The molecule has 0 aliphatic heterocycles. The van der Waals surface area contributed by atoms with Gasteiger partial charge in [-0.25, -0.2) is 13.6 Å². The number of carbonyl (C=O) groups excluding carboxylic acids is 1. The van der Waals surface area contributed by atoms with Gasteiger partial charge in [-0.2, -0.15) is 10.1 Å². The van der Waals surface area contributed by atoms with E-state index in [2.05, 4.69) is 10.1 Å². The van der Waals surface area contributed by atoms with Crippen LogP contribution in [-0.2, 0) is 13.5 Å². The van der Waals surface area contributed by atoms with Crippen LogP contribution in [0, 0.1) is 12.7 Å². The summed E-state index contributed by atoms with van der Waals surface area (Å²) in [5.41, 5.74) is 1.73. The highest BCUT2D eigenvalue weighted by Crippen LogP contribution is 2.28. The highest BCUT2D eigenvalue weighted by molar-refractivity contribution is 6.31. The predicted molar refractivity (Wildman–Crippen MR) is 128 cm³/mol. The van der Waals surface area contributed by atoms with E-state index in [1.807, 2.05) is 18.2 Å². The average Bonchev–Trinajstić information content (AvgIpc) is 3.32. The summed E-state index contributed by atoms with van der Waals surface area (Å²) in [6, 6.07) is 14.9. The van der Waals surface area contributed by atoms with Crippen LogP contribution in [0.4, 0.5) is 4.39 Å². The summed E-state index contributed by atoms with van der Waals surface area (Å²) < 4.78 is 25.0. The number of aromatic nitrogens is 5. The topological polar surface area (TPSA) is 83.4 Å². The number of ketones is 1. The molecule has 0 aliphatic rings. The summed E-state index contributed by atoms with van der Waals surface area (Å²) in [6.07, 6.45) is 2.71. The van der Waals surface area contributed by atoms with Crippen LogP contribution in [-0.4, -0.2) is 29.7 Å². The van der Waals surface area contributed by atoms with Crippen molar-refractivity contribution in [2.45, 2.75) is 13.3 Å². The number of nitrogens with zero attached hydrogens (tertiary/aromatic N) is 5. The molecule has 8 nitrogen and oxygen atoms in total. The van der Waals surface area contributed by atoms with Crippen molar-refractivity contribution in [1.29, 1.82) is 0 Å². The van der Waals surface area contributed by atoms with Gasteiger partial charge in [-0.05, 0) is 42.8 Å². The lowest BCUT2D eigenvalue weighted by Gasteiger charge is -2.08. The second kappa shape index (κ2) is 8.84. The fraction of sp³-hybridized carbons (Fsp3) is 0.120. The zero-order chi connectivity index (χ0) is 24.7. The van der Waals surface area contributed by atoms with E-state index in [0.717, 1.165) is 0 Å². The molecule has 5 rings (SSSR count). The number of halogens is 2. The Morgan fingerprint density at radius 1 is 1.14 bits per heavy atom. The Bertz CT molecular complexity index is 1640. The molecule has 0 unspecified atom stereocenters. The van der Waals surface area contributed by atoms with Crippen LogP contribution in [0.25, 0.3) is 11.2 Å². The molecule has 0 saturated heterocycles. The van der Waals surface area contributed by atoms with Crippen LogP contribution in [0.2, 0.25) is 5.02 Å². The first kappa shape index (κ1) is 22.5. The summed E-state index contributed by atoms with van der Waals surface area (Å²) in [6.45, 7) is 1.71. The maximum Gasteiger partial charge on any atom is 0.282 e. The molecule has 0 aliphatic carbocycles. The maximum atomic E-state index is 14.9. The predicted octanol–water partition coefficient (Wildman–Crippen LogP) is 4.54. The second-order valence-corrected chi connectivity index (χ2v) is 8.39. The zero-order valence-electron chi connectivity index (χ0n) is 18.8. The first-order valence-electron chi connectivity index (χ1n) is 10.7. The van der Waals surface area contributed by atoms with E-state index in [9.17, 15) is 14.0 Å². The van der Waals surface area contributed by atoms with Gasteiger partial charge in [0.15, 0.2) is 17.3 Å². The van der Waals surface area contributed by atoms with Crippen LogP contribution < -0.4 is 10.3 Å². The van der Waals surface area contributed by atoms with E-state index in [1.165, 1.54) is 27.7 Å². The minimum absolute atomic E-state index is 0.0681. The van der Waals surface area contributed by atoms with Gasteiger partial charge in [-0.3, -0.25) is 14.3 Å². The van der Waals surface area contributed by atoms with Crippen molar-refractivity contribution in [1.82, 2.24) is 24.0 Å². The molecule has 0 saturated carbocycles. The normalized spacial score (nSPS) is 11.2. The van der Waals surface area contributed by atoms with E-state index in [0.29, 0.717) is 27.5 Å². The highest BCUT2D eigenvalue weighted by atomic mass is 35.5. The van der Waals surface area contributed by atoms with Gasteiger partial charge < -0.3 is 4.74 Å². The minimum atomic E-state index is -0.670. The molecule has 0 N–H and O–H groups in total. The van der Waals surface area contributed by atoms with Crippen molar-refractivity contribution in [3.8, 4) is 17.3 Å². The van der Waals surface area contributed by atoms with E-state index < -0.39 is 17.2 Å². The molecule has 176 valence electrons. The standard InChI is InChI=1S/C25H19ClFN5O3/c1-15-23(25(34)32(30(15)2)18-6-4-3-5-7-18)21(33)11-16-8-9-22(19(27)10-16)35-24-20-12-17(26)13-31(20)29-14-28-24/h3-10,12-14H,11H2,1-2H3. The molecule has 3 aromatic heterocycles. The summed E-state index contributed by atoms with van der Waals surface area (Å²) in [5.74, 6) is -1.00. The molecular weight excluding hydrogens is 473 g/mol. The molecule has 0 spiro atoms. The maximum absolute atomic E-state index is 14.9. The van der Waals surface area contributed by atoms with Gasteiger partial charge in [0.05, 0.1) is 10.7 Å². The second-order valence-electron chi connectivity index (χ2n) is 7.96. The van der Waals surface area contributed by atoms with Crippen molar-refractivity contribution >= 4 is 22.9 Å². The van der Waals surface area contributed by atoms with Crippen molar-refractivity contribution in [2.75, 3.05) is 0 Å². The molecule has 2 aromatic carbocycles. The fourth-order valence-corrected chi connectivity index (χ4v) is 4.15. The molecule has 0 radical (unpaired) electrons. The van der Waals surface area contributed by atoms with Crippen molar-refractivity contribution in [2.24, 2.45) is 7.05 Å². The summed E-state index contributed by atoms with van der Waals surface area (Å²) >= 11 is 6.00.